The zero-order valence-corrected chi connectivity index (χ0v) is 20.0. The first-order chi connectivity index (χ1) is 17.1. The van der Waals surface area contributed by atoms with Gasteiger partial charge in [-0.1, -0.05) is 31.8 Å². The first-order valence-corrected chi connectivity index (χ1v) is 12.0. The van der Waals surface area contributed by atoms with Crippen molar-refractivity contribution in [2.75, 3.05) is 32.8 Å². The molecule has 8 nitrogen and oxygen atoms in total. The molecule has 0 amide bonds. The van der Waals surface area contributed by atoms with E-state index < -0.39 is 0 Å². The molecule has 0 N–H and O–H groups in total. The van der Waals surface area contributed by atoms with E-state index in [9.17, 15) is 4.79 Å². The van der Waals surface area contributed by atoms with Crippen LogP contribution in [0, 0.1) is 11.8 Å². The van der Waals surface area contributed by atoms with Crippen LogP contribution in [-0.2, 0) is 13.0 Å². The van der Waals surface area contributed by atoms with E-state index in [1.807, 2.05) is 18.2 Å². The van der Waals surface area contributed by atoms with Crippen LogP contribution in [-0.4, -0.2) is 58.4 Å². The number of benzene rings is 1. The van der Waals surface area contributed by atoms with Crippen molar-refractivity contribution >= 4 is 0 Å². The van der Waals surface area contributed by atoms with Gasteiger partial charge in [-0.3, -0.25) is 9.47 Å². The van der Waals surface area contributed by atoms with Crippen LogP contribution in [0.25, 0.3) is 11.3 Å². The summed E-state index contributed by atoms with van der Waals surface area (Å²) >= 11 is 0. The normalized spacial score (nSPS) is 15.6. The molecule has 0 saturated heterocycles. The van der Waals surface area contributed by atoms with Crippen molar-refractivity contribution in [2.45, 2.75) is 32.9 Å². The van der Waals surface area contributed by atoms with Crippen LogP contribution >= 0.6 is 0 Å². The van der Waals surface area contributed by atoms with Crippen LogP contribution in [0.1, 0.15) is 25.0 Å². The fraction of sp³-hybridized carbons (Fsp3) is 0.370. The van der Waals surface area contributed by atoms with E-state index in [0.717, 1.165) is 42.9 Å². The lowest BCUT2D eigenvalue weighted by Crippen LogP contribution is -2.35. The first-order valence-electron chi connectivity index (χ1n) is 12.0. The smallest absolute Gasteiger partial charge is 0.351 e. The molecule has 0 saturated carbocycles. The third-order valence-corrected chi connectivity index (χ3v) is 6.26. The van der Waals surface area contributed by atoms with Crippen LogP contribution < -0.4 is 19.9 Å². The standard InChI is InChI=1S/C27H28N4O4/c1-3-30(4-2)13-6-7-19-9-10-22-20(15-19)11-14-31-23(22)16-25(29-27(31)32)33-17-21-18-34-26-24(35-21)8-5-12-28-26/h5,8-10,12,15-16,21H,3-4,11,13-14,17-18H2,1-2H3. The zero-order valence-electron chi connectivity index (χ0n) is 20.0. The number of nitrogens with zero attached hydrogens (tertiary/aromatic N) is 4. The summed E-state index contributed by atoms with van der Waals surface area (Å²) in [6.07, 6.45) is 2.09. The van der Waals surface area contributed by atoms with Crippen LogP contribution in [0.15, 0.2) is 47.4 Å². The van der Waals surface area contributed by atoms with E-state index >= 15 is 0 Å². The van der Waals surface area contributed by atoms with Crippen LogP contribution in [0.3, 0.4) is 0 Å². The average Bonchev–Trinajstić information content (AvgIpc) is 2.89. The van der Waals surface area contributed by atoms with Gasteiger partial charge in [0, 0.05) is 29.9 Å². The largest absolute Gasteiger partial charge is 0.478 e. The minimum absolute atomic E-state index is 0.206. The van der Waals surface area contributed by atoms with Gasteiger partial charge in [0.1, 0.15) is 13.2 Å². The Labute approximate surface area is 204 Å². The maximum Gasteiger partial charge on any atom is 0.351 e. The van der Waals surface area contributed by atoms with Gasteiger partial charge in [-0.2, -0.15) is 4.98 Å². The summed E-state index contributed by atoms with van der Waals surface area (Å²) in [7, 11) is 0. The highest BCUT2D eigenvalue weighted by Crippen LogP contribution is 2.31. The Morgan fingerprint density at radius 2 is 2.11 bits per heavy atom. The Bertz CT molecular complexity index is 1340. The molecule has 5 rings (SSSR count). The van der Waals surface area contributed by atoms with Gasteiger partial charge in [0.15, 0.2) is 11.9 Å². The summed E-state index contributed by atoms with van der Waals surface area (Å²) in [5, 5.41) is 0. The molecular weight excluding hydrogens is 444 g/mol. The highest BCUT2D eigenvalue weighted by Gasteiger charge is 2.24. The summed E-state index contributed by atoms with van der Waals surface area (Å²) in [5.41, 5.74) is 3.65. The number of hydrogen-bond acceptors (Lipinski definition) is 7. The monoisotopic (exact) mass is 472 g/mol. The Hall–Kier alpha value is -3.83. The molecule has 0 bridgehead atoms. The molecule has 0 fully saturated rings. The van der Waals surface area contributed by atoms with E-state index in [4.69, 9.17) is 14.2 Å². The molecule has 1 aromatic carbocycles. The number of pyridine rings is 1. The second-order valence-electron chi connectivity index (χ2n) is 8.47. The van der Waals surface area contributed by atoms with Gasteiger partial charge in [0.25, 0.3) is 5.88 Å². The number of hydrogen-bond donors (Lipinski definition) is 0. The molecule has 2 aliphatic rings. The second kappa shape index (κ2) is 10.2. The van der Waals surface area contributed by atoms with Crippen LogP contribution in [0.4, 0.5) is 0 Å². The zero-order chi connectivity index (χ0) is 24.2. The van der Waals surface area contributed by atoms with Crippen LogP contribution in [0.5, 0.6) is 17.5 Å². The number of aromatic nitrogens is 3. The minimum Gasteiger partial charge on any atom is -0.478 e. The predicted molar refractivity (Wildman–Crippen MR) is 132 cm³/mol. The number of rotatable bonds is 6. The molecule has 0 radical (unpaired) electrons. The lowest BCUT2D eigenvalue weighted by molar-refractivity contribution is 0.0486. The van der Waals surface area contributed by atoms with Crippen molar-refractivity contribution < 1.29 is 14.2 Å². The van der Waals surface area contributed by atoms with Crippen molar-refractivity contribution in [3.8, 4) is 40.6 Å². The highest BCUT2D eigenvalue weighted by molar-refractivity contribution is 5.68. The van der Waals surface area contributed by atoms with E-state index in [-0.39, 0.29) is 24.3 Å². The topological polar surface area (TPSA) is 78.7 Å². The molecule has 1 atom stereocenters. The van der Waals surface area contributed by atoms with Gasteiger partial charge in [0.05, 0.1) is 12.2 Å². The second-order valence-corrected chi connectivity index (χ2v) is 8.47. The maximum absolute atomic E-state index is 12.7. The summed E-state index contributed by atoms with van der Waals surface area (Å²) < 4.78 is 19.1. The molecule has 2 aromatic heterocycles. The fourth-order valence-corrected chi connectivity index (χ4v) is 4.28. The van der Waals surface area contributed by atoms with E-state index in [2.05, 4.69) is 46.6 Å². The van der Waals surface area contributed by atoms with Crippen molar-refractivity contribution in [3.63, 3.8) is 0 Å². The lowest BCUT2D eigenvalue weighted by Gasteiger charge is -2.25. The quantitative estimate of drug-likeness (QED) is 0.511. The maximum atomic E-state index is 12.7. The lowest BCUT2D eigenvalue weighted by atomic mass is 9.95. The molecule has 0 spiro atoms. The summed E-state index contributed by atoms with van der Waals surface area (Å²) in [6.45, 7) is 8.12. The number of aryl methyl sites for hydroxylation is 1. The summed E-state index contributed by atoms with van der Waals surface area (Å²) in [5.74, 6) is 7.87. The molecule has 8 heteroatoms. The minimum atomic E-state index is -0.322. The SMILES string of the molecule is CCN(CC)CC#Cc1ccc2c(c1)CCn1c-2cc(OCC2COc3ncccc3O2)nc1=O. The molecule has 2 aliphatic heterocycles. The first kappa shape index (κ1) is 22.9. The highest BCUT2D eigenvalue weighted by atomic mass is 16.6. The molecule has 4 heterocycles. The average molecular weight is 473 g/mol. The van der Waals surface area contributed by atoms with Gasteiger partial charge in [-0.15, -0.1) is 0 Å². The molecule has 0 aliphatic carbocycles. The Morgan fingerprint density at radius 3 is 2.97 bits per heavy atom. The van der Waals surface area contributed by atoms with Crippen molar-refractivity contribution in [1.82, 2.24) is 19.4 Å². The third-order valence-electron chi connectivity index (χ3n) is 6.26. The van der Waals surface area contributed by atoms with Crippen LogP contribution in [0.2, 0.25) is 0 Å². The Morgan fingerprint density at radius 1 is 1.23 bits per heavy atom. The predicted octanol–water partition coefficient (Wildman–Crippen LogP) is 2.77. The fourth-order valence-electron chi connectivity index (χ4n) is 4.28. The van der Waals surface area contributed by atoms with Gasteiger partial charge >= 0.3 is 5.69 Å². The van der Waals surface area contributed by atoms with E-state index in [0.29, 0.717) is 24.8 Å². The molecule has 180 valence electrons. The Kier molecular flexibility index (Phi) is 6.68. The number of fused-ring (bicyclic) bond motifs is 4. The third kappa shape index (κ3) is 5.00. The van der Waals surface area contributed by atoms with E-state index in [1.54, 1.807) is 22.9 Å². The van der Waals surface area contributed by atoms with Gasteiger partial charge in [0.2, 0.25) is 5.88 Å². The molecular formula is C27H28N4O4. The molecule has 35 heavy (non-hydrogen) atoms. The van der Waals surface area contributed by atoms with Crippen molar-refractivity contribution in [3.05, 3.63) is 64.2 Å². The Balaban J connectivity index is 1.32. The summed E-state index contributed by atoms with van der Waals surface area (Å²) in [4.78, 5) is 23.3. The van der Waals surface area contributed by atoms with E-state index in [1.165, 1.54) is 5.56 Å². The molecule has 3 aromatic rings. The van der Waals surface area contributed by atoms with Crippen molar-refractivity contribution in [2.24, 2.45) is 0 Å². The number of ether oxygens (including phenoxy) is 3. The van der Waals surface area contributed by atoms with Gasteiger partial charge < -0.3 is 14.2 Å². The summed E-state index contributed by atoms with van der Waals surface area (Å²) in [6, 6.07) is 11.6. The van der Waals surface area contributed by atoms with Crippen molar-refractivity contribution in [1.29, 1.82) is 0 Å². The van der Waals surface area contributed by atoms with Gasteiger partial charge in [-0.05, 0) is 49.3 Å². The molecule has 1 unspecified atom stereocenters. The van der Waals surface area contributed by atoms with Gasteiger partial charge in [-0.25, -0.2) is 9.78 Å².